The maximum absolute atomic E-state index is 10.8. The monoisotopic (exact) mass is 505 g/mol. The molecule has 3 aromatic heterocycles. The highest BCUT2D eigenvalue weighted by atomic mass is 16.5. The van der Waals surface area contributed by atoms with Gasteiger partial charge in [0.1, 0.15) is 6.04 Å². The zero-order chi connectivity index (χ0) is 26.5. The number of nitrogens with zero attached hydrogens (tertiary/aromatic N) is 5. The fraction of sp³-hybridized carbons (Fsp3) is 0.444. The summed E-state index contributed by atoms with van der Waals surface area (Å²) in [5.74, 6) is 7.48. The van der Waals surface area contributed by atoms with Crippen LogP contribution in [0, 0.1) is 12.8 Å². The Morgan fingerprint density at radius 2 is 1.95 bits per heavy atom. The van der Waals surface area contributed by atoms with Crippen LogP contribution in [0.1, 0.15) is 62.5 Å². The minimum absolute atomic E-state index is 0.199. The third-order valence-electron chi connectivity index (χ3n) is 7.13. The largest absolute Gasteiger partial charge is 0.401 e. The number of rotatable bonds is 6. The van der Waals surface area contributed by atoms with E-state index in [0.717, 1.165) is 45.9 Å². The Labute approximate surface area is 215 Å². The number of aryl methyl sites for hydroxylation is 1. The molecule has 1 aromatic carbocycles. The van der Waals surface area contributed by atoms with Gasteiger partial charge in [-0.15, -0.1) is 0 Å². The molecule has 5 rings (SSSR count). The number of nitrogens with two attached hydrogens (primary N) is 2. The predicted molar refractivity (Wildman–Crippen MR) is 142 cm³/mol. The van der Waals surface area contributed by atoms with Crippen LogP contribution in [0.25, 0.3) is 27.6 Å². The molecule has 0 saturated carbocycles. The Balaban J connectivity index is 1.87. The smallest absolute Gasteiger partial charge is 0.250 e. The molecular weight excluding hydrogens is 470 g/mol. The minimum Gasteiger partial charge on any atom is -0.401 e. The van der Waals surface area contributed by atoms with E-state index in [2.05, 4.69) is 20.8 Å². The van der Waals surface area contributed by atoms with Crippen molar-refractivity contribution in [1.82, 2.24) is 24.7 Å². The van der Waals surface area contributed by atoms with E-state index in [4.69, 9.17) is 25.8 Å². The quantitative estimate of drug-likeness (QED) is 0.265. The minimum atomic E-state index is -1.02. The highest BCUT2D eigenvalue weighted by Gasteiger charge is 2.34. The Morgan fingerprint density at radius 1 is 1.22 bits per heavy atom. The Bertz CT molecular complexity index is 1470. The molecule has 1 aliphatic rings. The zero-order valence-corrected chi connectivity index (χ0v) is 22.0. The normalized spacial score (nSPS) is 16.8. The van der Waals surface area contributed by atoms with Crippen LogP contribution in [-0.2, 0) is 10.3 Å². The lowest BCUT2D eigenvalue weighted by Crippen LogP contribution is -2.28. The standard InChI is InChI=1S/C27H35N7O3/c1-15(28)24(33(5)29)18-12-22-23(30-14-18)20-7-6-19(27(3,4)35)13-21(20)34(22)25(17-8-10-36-11-9-17)26-31-16(2)32-37-26/h6-7,12-14,17,25,35H,8-11,28-29H2,1-5H3/b24-15-. The lowest BCUT2D eigenvalue weighted by atomic mass is 9.90. The molecule has 0 bridgehead atoms. The van der Waals surface area contributed by atoms with Crippen molar-refractivity contribution in [1.29, 1.82) is 0 Å². The van der Waals surface area contributed by atoms with E-state index >= 15 is 0 Å². The highest BCUT2D eigenvalue weighted by molar-refractivity contribution is 6.06. The first-order valence-electron chi connectivity index (χ1n) is 12.6. The van der Waals surface area contributed by atoms with E-state index < -0.39 is 5.60 Å². The van der Waals surface area contributed by atoms with E-state index in [1.807, 2.05) is 32.0 Å². The molecule has 4 heterocycles. The highest BCUT2D eigenvalue weighted by Crippen LogP contribution is 2.41. The summed E-state index contributed by atoms with van der Waals surface area (Å²) in [4.78, 5) is 9.56. The van der Waals surface area contributed by atoms with E-state index in [1.54, 1.807) is 27.1 Å². The van der Waals surface area contributed by atoms with Gasteiger partial charge in [-0.3, -0.25) is 4.98 Å². The third-order valence-corrected chi connectivity index (χ3v) is 7.13. The fourth-order valence-corrected chi connectivity index (χ4v) is 5.41. The maximum Gasteiger partial charge on any atom is 0.250 e. The Morgan fingerprint density at radius 3 is 2.54 bits per heavy atom. The maximum atomic E-state index is 10.8. The van der Waals surface area contributed by atoms with Crippen LogP contribution < -0.4 is 11.6 Å². The number of fused-ring (bicyclic) bond motifs is 3. The molecular formula is C27H35N7O3. The Hall–Kier alpha value is -3.47. The average molecular weight is 506 g/mol. The van der Waals surface area contributed by atoms with Crippen LogP contribution in [0.5, 0.6) is 0 Å². The van der Waals surface area contributed by atoms with Crippen LogP contribution in [-0.4, -0.2) is 50.1 Å². The summed E-state index contributed by atoms with van der Waals surface area (Å²) in [5, 5.41) is 17.4. The molecule has 5 N–H and O–H groups in total. The van der Waals surface area contributed by atoms with Gasteiger partial charge in [-0.05, 0) is 64.2 Å². The second-order valence-corrected chi connectivity index (χ2v) is 10.5. The van der Waals surface area contributed by atoms with Gasteiger partial charge >= 0.3 is 0 Å². The van der Waals surface area contributed by atoms with Crippen LogP contribution in [0.3, 0.4) is 0 Å². The molecule has 1 aliphatic heterocycles. The molecule has 10 heteroatoms. The van der Waals surface area contributed by atoms with E-state index in [9.17, 15) is 5.11 Å². The van der Waals surface area contributed by atoms with E-state index in [0.29, 0.717) is 36.3 Å². The number of allylic oxidation sites excluding steroid dienone is 1. The van der Waals surface area contributed by atoms with Crippen molar-refractivity contribution < 1.29 is 14.4 Å². The molecule has 1 saturated heterocycles. The van der Waals surface area contributed by atoms with Crippen LogP contribution >= 0.6 is 0 Å². The van der Waals surface area contributed by atoms with Crippen molar-refractivity contribution in [2.75, 3.05) is 20.3 Å². The molecule has 1 atom stereocenters. The first-order valence-corrected chi connectivity index (χ1v) is 12.6. The fourth-order valence-electron chi connectivity index (χ4n) is 5.41. The molecule has 0 radical (unpaired) electrons. The van der Waals surface area contributed by atoms with Crippen molar-refractivity contribution >= 4 is 27.6 Å². The summed E-state index contributed by atoms with van der Waals surface area (Å²) in [6, 6.07) is 7.82. The summed E-state index contributed by atoms with van der Waals surface area (Å²) < 4.78 is 13.7. The molecule has 1 fully saturated rings. The summed E-state index contributed by atoms with van der Waals surface area (Å²) >= 11 is 0. The number of hydrogen-bond acceptors (Lipinski definition) is 9. The predicted octanol–water partition coefficient (Wildman–Crippen LogP) is 3.58. The van der Waals surface area contributed by atoms with Gasteiger partial charge in [0.15, 0.2) is 5.82 Å². The zero-order valence-electron chi connectivity index (χ0n) is 22.0. The van der Waals surface area contributed by atoms with Gasteiger partial charge in [0.2, 0.25) is 5.89 Å². The van der Waals surface area contributed by atoms with Crippen LogP contribution in [0.2, 0.25) is 0 Å². The summed E-state index contributed by atoms with van der Waals surface area (Å²) in [5.41, 5.74) is 10.8. The number of pyridine rings is 1. The summed E-state index contributed by atoms with van der Waals surface area (Å²) in [6.07, 6.45) is 3.50. The van der Waals surface area contributed by atoms with Gasteiger partial charge in [0.05, 0.1) is 27.8 Å². The lowest BCUT2D eigenvalue weighted by molar-refractivity contribution is 0.0508. The van der Waals surface area contributed by atoms with Gasteiger partial charge in [0, 0.05) is 43.1 Å². The molecule has 196 valence electrons. The number of aliphatic hydroxyl groups is 1. The summed E-state index contributed by atoms with van der Waals surface area (Å²) in [6.45, 7) is 8.55. The molecule has 0 aliphatic carbocycles. The van der Waals surface area contributed by atoms with E-state index in [1.165, 1.54) is 5.01 Å². The van der Waals surface area contributed by atoms with Crippen molar-refractivity contribution in [3.8, 4) is 0 Å². The number of benzene rings is 1. The topological polar surface area (TPSA) is 141 Å². The number of hydrazine groups is 1. The average Bonchev–Trinajstić information content (AvgIpc) is 3.40. The number of hydrogen-bond donors (Lipinski definition) is 3. The molecule has 4 aromatic rings. The van der Waals surface area contributed by atoms with Crippen molar-refractivity contribution in [2.45, 2.75) is 52.2 Å². The van der Waals surface area contributed by atoms with Gasteiger partial charge in [-0.1, -0.05) is 17.3 Å². The van der Waals surface area contributed by atoms with Gasteiger partial charge in [0.25, 0.3) is 0 Å². The molecule has 0 amide bonds. The SMILES string of the molecule is C/C(N)=C(\c1cnc2c3ccc(C(C)(C)O)cc3n(C(c3nc(C)no3)C3CCOCC3)c2c1)N(C)N. The lowest BCUT2D eigenvalue weighted by Gasteiger charge is -2.30. The number of ether oxygens (including phenoxy) is 1. The van der Waals surface area contributed by atoms with Crippen LogP contribution in [0.15, 0.2) is 40.7 Å². The van der Waals surface area contributed by atoms with Crippen molar-refractivity contribution in [3.63, 3.8) is 0 Å². The van der Waals surface area contributed by atoms with Crippen molar-refractivity contribution in [3.05, 3.63) is 59.0 Å². The van der Waals surface area contributed by atoms with Gasteiger partial charge < -0.3 is 29.7 Å². The van der Waals surface area contributed by atoms with Gasteiger partial charge in [-0.25, -0.2) is 5.84 Å². The third kappa shape index (κ3) is 4.56. The first-order chi connectivity index (χ1) is 17.6. The van der Waals surface area contributed by atoms with Crippen LogP contribution in [0.4, 0.5) is 0 Å². The second-order valence-electron chi connectivity index (χ2n) is 10.5. The molecule has 0 spiro atoms. The molecule has 10 nitrogen and oxygen atoms in total. The molecule has 37 heavy (non-hydrogen) atoms. The second kappa shape index (κ2) is 9.44. The van der Waals surface area contributed by atoms with Crippen molar-refractivity contribution in [2.24, 2.45) is 17.5 Å². The van der Waals surface area contributed by atoms with E-state index in [-0.39, 0.29) is 12.0 Å². The summed E-state index contributed by atoms with van der Waals surface area (Å²) in [7, 11) is 1.76. The first kappa shape index (κ1) is 25.2. The Kier molecular flexibility index (Phi) is 6.43. The molecule has 1 unspecified atom stereocenters. The van der Waals surface area contributed by atoms with Gasteiger partial charge in [-0.2, -0.15) is 4.98 Å². The number of aromatic nitrogens is 4.